The van der Waals surface area contributed by atoms with E-state index in [0.29, 0.717) is 13.0 Å². The highest BCUT2D eigenvalue weighted by Crippen LogP contribution is 2.35. The lowest BCUT2D eigenvalue weighted by Crippen LogP contribution is -2.35. The summed E-state index contributed by atoms with van der Waals surface area (Å²) >= 11 is 0. The third-order valence-electron chi connectivity index (χ3n) is 3.84. The molecule has 2 aromatic rings. The minimum absolute atomic E-state index is 0.0712. The molecule has 0 bridgehead atoms. The van der Waals surface area contributed by atoms with Crippen LogP contribution in [0.25, 0.3) is 0 Å². The lowest BCUT2D eigenvalue weighted by Gasteiger charge is -2.28. The van der Waals surface area contributed by atoms with Crippen molar-refractivity contribution in [3.8, 4) is 5.75 Å². The Kier molecular flexibility index (Phi) is 4.58. The Bertz CT molecular complexity index is 761. The summed E-state index contributed by atoms with van der Waals surface area (Å²) in [6.45, 7) is 2.77. The molecule has 1 aromatic carbocycles. The predicted molar refractivity (Wildman–Crippen MR) is 83.4 cm³/mol. The fraction of sp³-hybridized carbons (Fsp3) is 0.500. The second-order valence-electron chi connectivity index (χ2n) is 5.39. The van der Waals surface area contributed by atoms with E-state index in [1.165, 1.54) is 11.0 Å². The van der Waals surface area contributed by atoms with Crippen LogP contribution < -0.4 is 9.46 Å². The van der Waals surface area contributed by atoms with Crippen LogP contribution in [0.4, 0.5) is 0 Å². The molecule has 2 heterocycles. The van der Waals surface area contributed by atoms with E-state index in [9.17, 15) is 8.42 Å². The number of nitrogens with one attached hydrogen (secondary N) is 1. The summed E-state index contributed by atoms with van der Waals surface area (Å²) in [6.07, 6.45) is 2.86. The van der Waals surface area contributed by atoms with Gasteiger partial charge in [-0.15, -0.1) is 5.10 Å². The number of nitrogens with zero attached hydrogens (tertiary/aromatic N) is 4. The van der Waals surface area contributed by atoms with Gasteiger partial charge in [0.05, 0.1) is 24.9 Å². The molecule has 0 aliphatic carbocycles. The maximum absolute atomic E-state index is 12.3. The molecule has 0 amide bonds. The van der Waals surface area contributed by atoms with Gasteiger partial charge in [0.25, 0.3) is 0 Å². The number of ether oxygens (including phenoxy) is 1. The highest BCUT2D eigenvalue weighted by Gasteiger charge is 2.27. The standard InChI is InChI=1S/C14H19N5O3S/c1-2-11-4-3-5-12-13(6-8-22-14(11)12)16-23(20,21)9-7-19-10-15-17-18-19/h3-5,10,13,16H,2,6-9H2,1H3. The first-order valence-electron chi connectivity index (χ1n) is 7.54. The molecule has 1 aliphatic rings. The largest absolute Gasteiger partial charge is 0.493 e. The van der Waals surface area contributed by atoms with Gasteiger partial charge in [-0.25, -0.2) is 17.8 Å². The van der Waals surface area contributed by atoms with Gasteiger partial charge in [-0.3, -0.25) is 0 Å². The van der Waals surface area contributed by atoms with Gasteiger partial charge >= 0.3 is 0 Å². The summed E-state index contributed by atoms with van der Waals surface area (Å²) in [6, 6.07) is 5.61. The number of hydrogen-bond donors (Lipinski definition) is 1. The van der Waals surface area contributed by atoms with E-state index in [1.807, 2.05) is 18.2 Å². The molecule has 0 fully saturated rings. The topological polar surface area (TPSA) is 99.0 Å². The van der Waals surface area contributed by atoms with Crippen LogP contribution in [0.5, 0.6) is 5.75 Å². The molecule has 1 aliphatic heterocycles. The number of fused-ring (bicyclic) bond motifs is 1. The van der Waals surface area contributed by atoms with E-state index in [0.717, 1.165) is 23.3 Å². The predicted octanol–water partition coefficient (Wildman–Crippen LogP) is 0.679. The highest BCUT2D eigenvalue weighted by atomic mass is 32.2. The Hall–Kier alpha value is -2.00. The first kappa shape index (κ1) is 15.9. The van der Waals surface area contributed by atoms with Crippen molar-refractivity contribution in [2.45, 2.75) is 32.4 Å². The molecule has 1 aromatic heterocycles. The summed E-state index contributed by atoms with van der Waals surface area (Å²) < 4.78 is 34.6. The maximum Gasteiger partial charge on any atom is 0.213 e. The quantitative estimate of drug-likeness (QED) is 0.832. The number of aromatic nitrogens is 4. The number of aryl methyl sites for hydroxylation is 2. The van der Waals surface area contributed by atoms with Crippen LogP contribution in [0.15, 0.2) is 24.5 Å². The molecule has 0 saturated carbocycles. The van der Waals surface area contributed by atoms with Crippen LogP contribution in [0.2, 0.25) is 0 Å². The Morgan fingerprint density at radius 2 is 2.30 bits per heavy atom. The van der Waals surface area contributed by atoms with Gasteiger partial charge in [-0.2, -0.15) is 0 Å². The van der Waals surface area contributed by atoms with Crippen LogP contribution in [0.3, 0.4) is 0 Å². The second-order valence-corrected chi connectivity index (χ2v) is 7.26. The summed E-state index contributed by atoms with van der Waals surface area (Å²) in [5.74, 6) is 0.743. The molecule has 0 radical (unpaired) electrons. The average Bonchev–Trinajstić information content (AvgIpc) is 3.06. The molecular formula is C14H19N5O3S. The van der Waals surface area contributed by atoms with E-state index < -0.39 is 10.0 Å². The maximum atomic E-state index is 12.3. The van der Waals surface area contributed by atoms with Gasteiger partial charge in [0.2, 0.25) is 10.0 Å². The molecule has 3 rings (SSSR count). The zero-order chi connectivity index (χ0) is 16.3. The third-order valence-corrected chi connectivity index (χ3v) is 5.20. The molecule has 9 heteroatoms. The molecule has 0 saturated heterocycles. The normalized spacial score (nSPS) is 17.5. The van der Waals surface area contributed by atoms with Gasteiger partial charge in [0, 0.05) is 12.0 Å². The van der Waals surface area contributed by atoms with Crippen LogP contribution in [0, 0.1) is 0 Å². The van der Waals surface area contributed by atoms with Crippen molar-refractivity contribution in [1.82, 2.24) is 24.9 Å². The fourth-order valence-electron chi connectivity index (χ4n) is 2.66. The third kappa shape index (κ3) is 3.67. The number of benzene rings is 1. The minimum atomic E-state index is -3.44. The molecular weight excluding hydrogens is 318 g/mol. The van der Waals surface area contributed by atoms with Crippen LogP contribution in [0.1, 0.15) is 30.5 Å². The van der Waals surface area contributed by atoms with E-state index >= 15 is 0 Å². The highest BCUT2D eigenvalue weighted by molar-refractivity contribution is 7.89. The minimum Gasteiger partial charge on any atom is -0.493 e. The van der Waals surface area contributed by atoms with E-state index in [-0.39, 0.29) is 18.3 Å². The van der Waals surface area contributed by atoms with E-state index in [4.69, 9.17) is 4.74 Å². The smallest absolute Gasteiger partial charge is 0.213 e. The van der Waals surface area contributed by atoms with E-state index in [1.54, 1.807) is 0 Å². The Morgan fingerprint density at radius 3 is 3.04 bits per heavy atom. The molecule has 124 valence electrons. The van der Waals surface area contributed by atoms with Gasteiger partial charge in [0.1, 0.15) is 12.1 Å². The summed E-state index contributed by atoms with van der Waals surface area (Å²) in [7, 11) is -3.44. The van der Waals surface area contributed by atoms with Crippen molar-refractivity contribution in [3.05, 3.63) is 35.7 Å². The molecule has 23 heavy (non-hydrogen) atoms. The molecule has 1 unspecified atom stereocenters. The van der Waals surface area contributed by atoms with Crippen molar-refractivity contribution in [2.24, 2.45) is 0 Å². The Morgan fingerprint density at radius 1 is 1.43 bits per heavy atom. The fourth-order valence-corrected chi connectivity index (χ4v) is 3.89. The molecule has 1 atom stereocenters. The summed E-state index contributed by atoms with van der Waals surface area (Å²) in [5, 5.41) is 10.6. The first-order valence-corrected chi connectivity index (χ1v) is 9.19. The van der Waals surface area contributed by atoms with Crippen molar-refractivity contribution in [2.75, 3.05) is 12.4 Å². The van der Waals surface area contributed by atoms with Crippen molar-refractivity contribution in [3.63, 3.8) is 0 Å². The zero-order valence-corrected chi connectivity index (χ0v) is 13.7. The number of rotatable bonds is 6. The molecule has 1 N–H and O–H groups in total. The van der Waals surface area contributed by atoms with Crippen LogP contribution >= 0.6 is 0 Å². The first-order chi connectivity index (χ1) is 11.1. The van der Waals surface area contributed by atoms with E-state index in [2.05, 4.69) is 27.2 Å². The lowest BCUT2D eigenvalue weighted by molar-refractivity contribution is 0.260. The summed E-state index contributed by atoms with van der Waals surface area (Å²) in [4.78, 5) is 0. The van der Waals surface area contributed by atoms with Crippen molar-refractivity contribution in [1.29, 1.82) is 0 Å². The van der Waals surface area contributed by atoms with Crippen molar-refractivity contribution >= 4 is 10.0 Å². The summed E-state index contributed by atoms with van der Waals surface area (Å²) in [5.41, 5.74) is 2.00. The van der Waals surface area contributed by atoms with Gasteiger partial charge < -0.3 is 4.74 Å². The Labute approximate surface area is 134 Å². The second kappa shape index (κ2) is 6.63. The number of tetrazole rings is 1. The number of hydrogen-bond acceptors (Lipinski definition) is 6. The Balaban J connectivity index is 1.73. The number of sulfonamides is 1. The van der Waals surface area contributed by atoms with Crippen LogP contribution in [-0.4, -0.2) is 41.0 Å². The van der Waals surface area contributed by atoms with Crippen LogP contribution in [-0.2, 0) is 23.0 Å². The van der Waals surface area contributed by atoms with Gasteiger partial charge in [0.15, 0.2) is 0 Å². The SMILES string of the molecule is CCc1cccc2c1OCCC2NS(=O)(=O)CCn1cnnn1. The zero-order valence-electron chi connectivity index (χ0n) is 12.8. The molecule has 0 spiro atoms. The van der Waals surface area contributed by atoms with Gasteiger partial charge in [-0.05, 0) is 22.4 Å². The molecule has 8 nitrogen and oxygen atoms in total. The number of para-hydroxylation sites is 1. The van der Waals surface area contributed by atoms with Crippen molar-refractivity contribution < 1.29 is 13.2 Å². The average molecular weight is 337 g/mol. The van der Waals surface area contributed by atoms with Gasteiger partial charge in [-0.1, -0.05) is 25.1 Å². The monoisotopic (exact) mass is 337 g/mol. The lowest BCUT2D eigenvalue weighted by atomic mass is 9.97.